The minimum atomic E-state index is -4.42. The number of benzene rings is 1. The van der Waals surface area contributed by atoms with E-state index in [4.69, 9.17) is 4.74 Å². The zero-order valence-corrected chi connectivity index (χ0v) is 11.5. The first kappa shape index (κ1) is 14.4. The van der Waals surface area contributed by atoms with Crippen LogP contribution in [0.2, 0.25) is 0 Å². The van der Waals surface area contributed by atoms with Crippen LogP contribution < -0.4 is 0 Å². The van der Waals surface area contributed by atoms with Gasteiger partial charge in [-0.15, -0.1) is 3.89 Å². The fourth-order valence-corrected chi connectivity index (χ4v) is 2.70. The fourth-order valence-electron chi connectivity index (χ4n) is 2.25. The Bertz CT molecular complexity index is 486. The van der Waals surface area contributed by atoms with Crippen molar-refractivity contribution < 1.29 is 17.0 Å². The lowest BCUT2D eigenvalue weighted by molar-refractivity contribution is 0.143. The van der Waals surface area contributed by atoms with Gasteiger partial charge in [0.2, 0.25) is 0 Å². The largest absolute Gasteiger partial charge is 0.380 e. The lowest BCUT2D eigenvalue weighted by atomic mass is 10.1. The monoisotopic (exact) mass is 287 g/mol. The second-order valence-electron chi connectivity index (χ2n) is 4.72. The van der Waals surface area contributed by atoms with Crippen molar-refractivity contribution in [3.05, 3.63) is 35.9 Å². The molecule has 1 atom stereocenters. The van der Waals surface area contributed by atoms with Crippen LogP contribution in [0.25, 0.3) is 0 Å². The minimum absolute atomic E-state index is 0.168. The Morgan fingerprint density at radius 1 is 1.32 bits per heavy atom. The topological polar surface area (TPSA) is 46.6 Å². The maximum atomic E-state index is 12.7. The van der Waals surface area contributed by atoms with Crippen LogP contribution in [0.4, 0.5) is 3.89 Å². The predicted molar refractivity (Wildman–Crippen MR) is 71.0 cm³/mol. The summed E-state index contributed by atoms with van der Waals surface area (Å²) in [6.45, 7) is 2.07. The molecule has 0 amide bonds. The van der Waals surface area contributed by atoms with Crippen molar-refractivity contribution in [1.82, 2.24) is 4.90 Å². The molecule has 0 N–H and O–H groups in total. The molecular formula is C13H18FNO3S. The summed E-state index contributed by atoms with van der Waals surface area (Å²) in [6, 6.07) is 9.93. The lowest BCUT2D eigenvalue weighted by Crippen LogP contribution is -2.38. The standard InChI is InChI=1S/C13H18FNO3S/c14-19(16,17)9-7-15(13-6-8-18-11-13)10-12-4-2-1-3-5-12/h1-5,13H,6-11H2. The Kier molecular flexibility index (Phi) is 4.90. The van der Waals surface area contributed by atoms with Crippen LogP contribution in [0.3, 0.4) is 0 Å². The van der Waals surface area contributed by atoms with Crippen molar-refractivity contribution in [1.29, 1.82) is 0 Å². The summed E-state index contributed by atoms with van der Waals surface area (Å²) < 4.78 is 39.4. The van der Waals surface area contributed by atoms with Gasteiger partial charge in [-0.25, -0.2) is 0 Å². The van der Waals surface area contributed by atoms with Gasteiger partial charge in [0, 0.05) is 25.7 Å². The summed E-state index contributed by atoms with van der Waals surface area (Å²) in [5.74, 6) is -0.462. The molecule has 1 fully saturated rings. The van der Waals surface area contributed by atoms with Gasteiger partial charge in [0.05, 0.1) is 12.4 Å². The third kappa shape index (κ3) is 4.89. The molecule has 1 heterocycles. The van der Waals surface area contributed by atoms with Crippen molar-refractivity contribution in [2.24, 2.45) is 0 Å². The average molecular weight is 287 g/mol. The highest BCUT2D eigenvalue weighted by atomic mass is 32.3. The molecule has 0 aliphatic carbocycles. The van der Waals surface area contributed by atoms with E-state index < -0.39 is 16.0 Å². The molecule has 6 heteroatoms. The molecule has 1 aliphatic rings. The normalized spacial score (nSPS) is 20.0. The van der Waals surface area contributed by atoms with Crippen LogP contribution in [-0.4, -0.2) is 44.9 Å². The first-order valence-corrected chi connectivity index (χ1v) is 7.88. The van der Waals surface area contributed by atoms with E-state index in [2.05, 4.69) is 0 Å². The molecule has 1 unspecified atom stereocenters. The molecule has 19 heavy (non-hydrogen) atoms. The van der Waals surface area contributed by atoms with E-state index in [1.807, 2.05) is 35.2 Å². The van der Waals surface area contributed by atoms with Crippen LogP contribution in [0, 0.1) is 0 Å². The van der Waals surface area contributed by atoms with Gasteiger partial charge >= 0.3 is 10.2 Å². The van der Waals surface area contributed by atoms with Crippen LogP contribution in [-0.2, 0) is 21.5 Å². The lowest BCUT2D eigenvalue weighted by Gasteiger charge is -2.27. The highest BCUT2D eigenvalue weighted by Gasteiger charge is 2.24. The van der Waals surface area contributed by atoms with E-state index in [9.17, 15) is 12.3 Å². The highest BCUT2D eigenvalue weighted by Crippen LogP contribution is 2.16. The summed E-state index contributed by atoms with van der Waals surface area (Å²) in [7, 11) is -4.42. The van der Waals surface area contributed by atoms with Gasteiger partial charge in [0.1, 0.15) is 0 Å². The summed E-state index contributed by atoms with van der Waals surface area (Å²) >= 11 is 0. The van der Waals surface area contributed by atoms with Crippen molar-refractivity contribution in [2.45, 2.75) is 19.0 Å². The molecular weight excluding hydrogens is 269 g/mol. The van der Waals surface area contributed by atoms with E-state index >= 15 is 0 Å². The third-order valence-electron chi connectivity index (χ3n) is 3.27. The molecule has 106 valence electrons. The Labute approximate surface area is 113 Å². The Morgan fingerprint density at radius 2 is 2.05 bits per heavy atom. The molecule has 0 spiro atoms. The van der Waals surface area contributed by atoms with E-state index in [-0.39, 0.29) is 12.6 Å². The van der Waals surface area contributed by atoms with Gasteiger partial charge in [-0.05, 0) is 12.0 Å². The summed E-state index contributed by atoms with van der Waals surface area (Å²) in [4.78, 5) is 1.99. The smallest absolute Gasteiger partial charge is 0.303 e. The quantitative estimate of drug-likeness (QED) is 0.745. The molecule has 1 aromatic carbocycles. The van der Waals surface area contributed by atoms with Gasteiger partial charge in [0.15, 0.2) is 0 Å². The number of nitrogens with zero attached hydrogens (tertiary/aromatic N) is 1. The molecule has 2 rings (SSSR count). The summed E-state index contributed by atoms with van der Waals surface area (Å²) in [5.41, 5.74) is 1.09. The van der Waals surface area contributed by atoms with Gasteiger partial charge in [-0.2, -0.15) is 8.42 Å². The molecule has 4 nitrogen and oxygen atoms in total. The number of rotatable bonds is 6. The van der Waals surface area contributed by atoms with Crippen LogP contribution in [0.1, 0.15) is 12.0 Å². The molecule has 0 aromatic heterocycles. The zero-order valence-electron chi connectivity index (χ0n) is 10.7. The van der Waals surface area contributed by atoms with Crippen LogP contribution in [0.5, 0.6) is 0 Å². The third-order valence-corrected chi connectivity index (χ3v) is 3.94. The second-order valence-corrected chi connectivity index (χ2v) is 6.20. The first-order chi connectivity index (χ1) is 9.04. The number of hydrogen-bond donors (Lipinski definition) is 0. The number of hydrogen-bond acceptors (Lipinski definition) is 4. The van der Waals surface area contributed by atoms with Gasteiger partial charge in [0.25, 0.3) is 0 Å². The Morgan fingerprint density at radius 3 is 2.63 bits per heavy atom. The fraction of sp³-hybridized carbons (Fsp3) is 0.538. The van der Waals surface area contributed by atoms with E-state index in [0.717, 1.165) is 12.0 Å². The van der Waals surface area contributed by atoms with Crippen molar-refractivity contribution in [3.63, 3.8) is 0 Å². The van der Waals surface area contributed by atoms with Gasteiger partial charge in [-0.3, -0.25) is 4.90 Å². The van der Waals surface area contributed by atoms with Crippen LogP contribution in [0.15, 0.2) is 30.3 Å². The van der Waals surface area contributed by atoms with Gasteiger partial charge in [-0.1, -0.05) is 30.3 Å². The molecule has 1 aromatic rings. The number of ether oxygens (including phenoxy) is 1. The molecule has 1 aliphatic heterocycles. The first-order valence-electron chi connectivity index (χ1n) is 6.33. The predicted octanol–water partition coefficient (Wildman–Crippen LogP) is 1.58. The number of halogens is 1. The molecule has 1 saturated heterocycles. The molecule has 0 bridgehead atoms. The maximum Gasteiger partial charge on any atom is 0.303 e. The molecule has 0 radical (unpaired) electrons. The van der Waals surface area contributed by atoms with E-state index in [1.54, 1.807) is 0 Å². The maximum absolute atomic E-state index is 12.7. The van der Waals surface area contributed by atoms with E-state index in [0.29, 0.717) is 19.8 Å². The summed E-state index contributed by atoms with van der Waals surface area (Å²) in [6.07, 6.45) is 0.860. The second kappa shape index (κ2) is 6.45. The highest BCUT2D eigenvalue weighted by molar-refractivity contribution is 7.86. The van der Waals surface area contributed by atoms with Crippen molar-refractivity contribution >= 4 is 10.2 Å². The Balaban J connectivity index is 2.01. The van der Waals surface area contributed by atoms with E-state index in [1.165, 1.54) is 0 Å². The molecule has 0 saturated carbocycles. The van der Waals surface area contributed by atoms with Crippen LogP contribution >= 0.6 is 0 Å². The zero-order chi connectivity index (χ0) is 13.7. The average Bonchev–Trinajstić information content (AvgIpc) is 2.88. The Hall–Kier alpha value is -0.980. The van der Waals surface area contributed by atoms with Crippen molar-refractivity contribution in [2.75, 3.05) is 25.5 Å². The van der Waals surface area contributed by atoms with Gasteiger partial charge < -0.3 is 4.74 Å². The SMILES string of the molecule is O=S(=O)(F)CCN(Cc1ccccc1)C1CCOC1. The summed E-state index contributed by atoms with van der Waals surface area (Å²) in [5, 5.41) is 0. The minimum Gasteiger partial charge on any atom is -0.380 e. The van der Waals surface area contributed by atoms with Crippen molar-refractivity contribution in [3.8, 4) is 0 Å².